The van der Waals surface area contributed by atoms with Crippen molar-refractivity contribution < 1.29 is 18.3 Å². The van der Waals surface area contributed by atoms with Crippen molar-refractivity contribution in [1.82, 2.24) is 14.3 Å². The Hall–Kier alpha value is -1.74. The van der Waals surface area contributed by atoms with E-state index in [0.717, 1.165) is 12.8 Å². The molecule has 0 saturated carbocycles. The van der Waals surface area contributed by atoms with Crippen molar-refractivity contribution in [1.29, 1.82) is 0 Å². The van der Waals surface area contributed by atoms with Crippen LogP contribution in [0.25, 0.3) is 0 Å². The zero-order valence-electron chi connectivity index (χ0n) is 9.40. The van der Waals surface area contributed by atoms with Gasteiger partial charge in [-0.05, 0) is 12.8 Å². The number of anilines is 1. The van der Waals surface area contributed by atoms with Crippen LogP contribution < -0.4 is 4.72 Å². The Morgan fingerprint density at radius 1 is 1.28 bits per heavy atom. The van der Waals surface area contributed by atoms with Crippen LogP contribution in [0, 0.1) is 0 Å². The topological polar surface area (TPSA) is 112 Å². The van der Waals surface area contributed by atoms with Gasteiger partial charge in [0.1, 0.15) is 0 Å². The minimum atomic E-state index is -3.75. The number of hydrogen-bond donors (Lipinski definition) is 2. The fourth-order valence-electron chi connectivity index (χ4n) is 1.68. The Morgan fingerprint density at radius 3 is 2.50 bits per heavy atom. The molecule has 18 heavy (non-hydrogen) atoms. The molecule has 2 rings (SSSR count). The summed E-state index contributed by atoms with van der Waals surface area (Å²) in [6.45, 7) is 0.857. The molecule has 1 aliphatic heterocycles. The molecule has 1 aromatic rings. The number of nitrogens with one attached hydrogen (secondary N) is 1. The lowest BCUT2D eigenvalue weighted by molar-refractivity contribution is 0.0691. The van der Waals surface area contributed by atoms with Crippen LogP contribution in [0.5, 0.6) is 0 Å². The van der Waals surface area contributed by atoms with E-state index in [1.807, 2.05) is 0 Å². The number of carboxylic acid groups (broad SMARTS) is 1. The number of aromatic carboxylic acids is 1. The minimum Gasteiger partial charge on any atom is -0.476 e. The molecule has 0 bridgehead atoms. The fraction of sp³-hybridized carbons (Fsp3) is 0.444. The Kier molecular flexibility index (Phi) is 3.43. The third-order valence-corrected chi connectivity index (χ3v) is 4.03. The third kappa shape index (κ3) is 2.57. The van der Waals surface area contributed by atoms with Crippen molar-refractivity contribution in [3.05, 3.63) is 18.1 Å². The lowest BCUT2D eigenvalue weighted by atomic mass is 10.4. The summed E-state index contributed by atoms with van der Waals surface area (Å²) >= 11 is 0. The molecular formula is C9H12N4O4S. The van der Waals surface area contributed by atoms with Crippen molar-refractivity contribution in [2.75, 3.05) is 17.8 Å². The second-order valence-corrected chi connectivity index (χ2v) is 5.44. The molecule has 0 spiro atoms. The van der Waals surface area contributed by atoms with Gasteiger partial charge in [0.15, 0.2) is 11.5 Å². The van der Waals surface area contributed by atoms with Gasteiger partial charge in [-0.3, -0.25) is 4.72 Å². The summed E-state index contributed by atoms with van der Waals surface area (Å²) in [5.74, 6) is -1.60. The molecule has 1 aromatic heterocycles. The molecule has 8 nitrogen and oxygen atoms in total. The summed E-state index contributed by atoms with van der Waals surface area (Å²) < 4.78 is 27.3. The average molecular weight is 272 g/mol. The molecule has 0 unspecified atom stereocenters. The molecule has 1 aliphatic rings. The molecule has 0 aromatic carbocycles. The van der Waals surface area contributed by atoms with E-state index >= 15 is 0 Å². The first-order valence-corrected chi connectivity index (χ1v) is 6.77. The fourth-order valence-corrected chi connectivity index (χ4v) is 2.95. The van der Waals surface area contributed by atoms with Crippen LogP contribution in [0.4, 0.5) is 5.82 Å². The highest BCUT2D eigenvalue weighted by molar-refractivity contribution is 7.90. The van der Waals surface area contributed by atoms with Crippen molar-refractivity contribution in [3.63, 3.8) is 0 Å². The van der Waals surface area contributed by atoms with Gasteiger partial charge in [0, 0.05) is 25.5 Å². The second-order valence-electron chi connectivity index (χ2n) is 3.77. The highest BCUT2D eigenvalue weighted by Crippen LogP contribution is 2.16. The van der Waals surface area contributed by atoms with Gasteiger partial charge in [-0.25, -0.2) is 14.8 Å². The van der Waals surface area contributed by atoms with Gasteiger partial charge in [0.25, 0.3) is 0 Å². The number of aromatic nitrogens is 2. The Balaban J connectivity index is 2.26. The number of carbonyl (C=O) groups is 1. The van der Waals surface area contributed by atoms with Crippen LogP contribution in [-0.4, -0.2) is 46.9 Å². The summed E-state index contributed by atoms with van der Waals surface area (Å²) in [7, 11) is -3.75. The van der Waals surface area contributed by atoms with Crippen LogP contribution in [-0.2, 0) is 10.2 Å². The maximum absolute atomic E-state index is 11.9. The predicted molar refractivity (Wildman–Crippen MR) is 62.3 cm³/mol. The summed E-state index contributed by atoms with van der Waals surface area (Å²) in [5, 5.41) is 8.88. The van der Waals surface area contributed by atoms with Crippen LogP contribution in [0.1, 0.15) is 23.3 Å². The Morgan fingerprint density at radius 2 is 1.89 bits per heavy atom. The van der Waals surface area contributed by atoms with Gasteiger partial charge in [-0.1, -0.05) is 0 Å². The van der Waals surface area contributed by atoms with Crippen LogP contribution in [0.15, 0.2) is 12.4 Å². The van der Waals surface area contributed by atoms with Gasteiger partial charge in [0.2, 0.25) is 0 Å². The van der Waals surface area contributed by atoms with Crippen molar-refractivity contribution in [3.8, 4) is 0 Å². The highest BCUT2D eigenvalue weighted by atomic mass is 32.2. The van der Waals surface area contributed by atoms with Crippen molar-refractivity contribution >= 4 is 22.0 Å². The minimum absolute atomic E-state index is 0.267. The van der Waals surface area contributed by atoms with E-state index in [-0.39, 0.29) is 5.82 Å². The van der Waals surface area contributed by atoms with Crippen LogP contribution in [0.2, 0.25) is 0 Å². The molecule has 0 aliphatic carbocycles. The second kappa shape index (κ2) is 4.86. The van der Waals surface area contributed by atoms with E-state index in [9.17, 15) is 13.2 Å². The first kappa shape index (κ1) is 12.7. The average Bonchev–Trinajstić information content (AvgIpc) is 2.83. The summed E-state index contributed by atoms with van der Waals surface area (Å²) in [6, 6.07) is 0. The van der Waals surface area contributed by atoms with E-state index < -0.39 is 21.9 Å². The largest absolute Gasteiger partial charge is 0.476 e. The lowest BCUT2D eigenvalue weighted by Gasteiger charge is -2.16. The van der Waals surface area contributed by atoms with E-state index in [1.54, 1.807) is 0 Å². The smallest absolute Gasteiger partial charge is 0.358 e. The normalized spacial score (nSPS) is 16.7. The van der Waals surface area contributed by atoms with Crippen molar-refractivity contribution in [2.24, 2.45) is 0 Å². The molecule has 1 fully saturated rings. The first-order valence-electron chi connectivity index (χ1n) is 5.33. The van der Waals surface area contributed by atoms with Gasteiger partial charge in [-0.2, -0.15) is 12.7 Å². The number of hydrogen-bond acceptors (Lipinski definition) is 5. The molecule has 2 N–H and O–H groups in total. The quantitative estimate of drug-likeness (QED) is 0.793. The standard InChI is InChI=1S/C9H12N4O4S/c14-9(15)7-8(11-4-3-10-7)12-18(16,17)13-5-1-2-6-13/h3-4H,1-2,5-6H2,(H,11,12)(H,14,15). The zero-order chi connectivity index (χ0) is 13.2. The Labute approximate surface area is 104 Å². The monoisotopic (exact) mass is 272 g/mol. The van der Waals surface area contributed by atoms with Gasteiger partial charge in [-0.15, -0.1) is 0 Å². The zero-order valence-corrected chi connectivity index (χ0v) is 10.2. The number of nitrogens with zero attached hydrogens (tertiary/aromatic N) is 3. The molecule has 0 amide bonds. The van der Waals surface area contributed by atoms with Gasteiger partial charge in [0.05, 0.1) is 0 Å². The molecule has 2 heterocycles. The maximum atomic E-state index is 11.9. The van der Waals surface area contributed by atoms with E-state index in [0.29, 0.717) is 13.1 Å². The van der Waals surface area contributed by atoms with E-state index in [4.69, 9.17) is 5.11 Å². The van der Waals surface area contributed by atoms with Crippen molar-refractivity contribution in [2.45, 2.75) is 12.8 Å². The van der Waals surface area contributed by atoms with Crippen LogP contribution >= 0.6 is 0 Å². The van der Waals surface area contributed by atoms with E-state index in [1.165, 1.54) is 16.7 Å². The first-order chi connectivity index (χ1) is 8.50. The van der Waals surface area contributed by atoms with Gasteiger partial charge >= 0.3 is 16.2 Å². The molecule has 9 heteroatoms. The predicted octanol–water partition coefficient (Wildman–Crippen LogP) is -0.0727. The van der Waals surface area contributed by atoms with Gasteiger partial charge < -0.3 is 5.11 Å². The molecular weight excluding hydrogens is 260 g/mol. The van der Waals surface area contributed by atoms with Crippen LogP contribution in [0.3, 0.4) is 0 Å². The van der Waals surface area contributed by atoms with E-state index in [2.05, 4.69) is 14.7 Å². The summed E-state index contributed by atoms with van der Waals surface area (Å²) in [5.41, 5.74) is -0.416. The molecule has 1 saturated heterocycles. The SMILES string of the molecule is O=C(O)c1nccnc1NS(=O)(=O)N1CCCC1. The summed E-state index contributed by atoms with van der Waals surface area (Å²) in [4.78, 5) is 18.2. The maximum Gasteiger partial charge on any atom is 0.358 e. The molecule has 98 valence electrons. The number of carboxylic acids is 1. The molecule has 0 atom stereocenters. The third-order valence-electron chi connectivity index (χ3n) is 2.53. The highest BCUT2D eigenvalue weighted by Gasteiger charge is 2.27. The lowest BCUT2D eigenvalue weighted by Crippen LogP contribution is -2.34. The molecule has 0 radical (unpaired) electrons. The Bertz CT molecular complexity index is 553. The summed E-state index contributed by atoms with van der Waals surface area (Å²) in [6.07, 6.45) is 4.02. The number of rotatable bonds is 4.